The van der Waals surface area contributed by atoms with Gasteiger partial charge in [0, 0.05) is 24.7 Å². The van der Waals surface area contributed by atoms with Crippen molar-refractivity contribution >= 4 is 11.6 Å². The van der Waals surface area contributed by atoms with Crippen LogP contribution in [0.25, 0.3) is 0 Å². The van der Waals surface area contributed by atoms with Crippen LogP contribution in [-0.2, 0) is 4.79 Å². The van der Waals surface area contributed by atoms with Crippen molar-refractivity contribution in [3.8, 4) is 11.5 Å². The largest absolute Gasteiger partial charge is 0.454 e. The van der Waals surface area contributed by atoms with Crippen LogP contribution in [0.5, 0.6) is 11.5 Å². The molecule has 0 spiro atoms. The molecule has 1 unspecified atom stereocenters. The lowest BCUT2D eigenvalue weighted by Gasteiger charge is -2.29. The van der Waals surface area contributed by atoms with Gasteiger partial charge in [-0.15, -0.1) is 0 Å². The van der Waals surface area contributed by atoms with Gasteiger partial charge in [-0.25, -0.2) is 0 Å². The summed E-state index contributed by atoms with van der Waals surface area (Å²) in [6, 6.07) is 5.48. The molecule has 108 valence electrons. The maximum absolute atomic E-state index is 12.1. The zero-order valence-corrected chi connectivity index (χ0v) is 11.7. The van der Waals surface area contributed by atoms with Crippen molar-refractivity contribution in [2.24, 2.45) is 5.92 Å². The zero-order valence-electron chi connectivity index (χ0n) is 11.7. The predicted octanol–water partition coefficient (Wildman–Crippen LogP) is 2.09. The first-order valence-corrected chi connectivity index (χ1v) is 7.09. The lowest BCUT2D eigenvalue weighted by Crippen LogP contribution is -2.34. The van der Waals surface area contributed by atoms with Gasteiger partial charge in [-0.1, -0.05) is 0 Å². The van der Waals surface area contributed by atoms with Gasteiger partial charge in [0.1, 0.15) is 0 Å². The normalized spacial score (nSPS) is 21.8. The van der Waals surface area contributed by atoms with E-state index in [4.69, 9.17) is 9.47 Å². The van der Waals surface area contributed by atoms with E-state index in [1.54, 1.807) is 0 Å². The Labute approximate surface area is 118 Å². The van der Waals surface area contributed by atoms with E-state index in [1.807, 2.05) is 18.2 Å². The lowest BCUT2D eigenvalue weighted by molar-refractivity contribution is -0.117. The molecule has 1 amide bonds. The molecule has 1 fully saturated rings. The molecule has 1 saturated heterocycles. The van der Waals surface area contributed by atoms with Crippen LogP contribution in [0.1, 0.15) is 19.3 Å². The molecule has 1 aromatic rings. The van der Waals surface area contributed by atoms with Gasteiger partial charge in [0.05, 0.1) is 0 Å². The number of anilines is 1. The molecule has 0 aliphatic carbocycles. The van der Waals surface area contributed by atoms with Crippen LogP contribution < -0.4 is 14.8 Å². The Hall–Kier alpha value is -1.75. The molecule has 0 bridgehead atoms. The highest BCUT2D eigenvalue weighted by Gasteiger charge is 2.20. The number of ether oxygens (including phenoxy) is 2. The summed E-state index contributed by atoms with van der Waals surface area (Å²) >= 11 is 0. The first-order valence-electron chi connectivity index (χ1n) is 7.09. The van der Waals surface area contributed by atoms with Crippen LogP contribution in [0, 0.1) is 5.92 Å². The van der Waals surface area contributed by atoms with Crippen molar-refractivity contribution in [1.29, 1.82) is 0 Å². The average molecular weight is 276 g/mol. The highest BCUT2D eigenvalue weighted by Crippen LogP contribution is 2.34. The molecule has 20 heavy (non-hydrogen) atoms. The predicted molar refractivity (Wildman–Crippen MR) is 76.0 cm³/mol. The zero-order chi connectivity index (χ0) is 13.9. The number of hydrogen-bond donors (Lipinski definition) is 1. The highest BCUT2D eigenvalue weighted by molar-refractivity contribution is 5.91. The Balaban J connectivity index is 1.56. The number of nitrogens with zero attached hydrogens (tertiary/aromatic N) is 1. The van der Waals surface area contributed by atoms with Crippen molar-refractivity contribution in [1.82, 2.24) is 4.90 Å². The van der Waals surface area contributed by atoms with Crippen LogP contribution >= 0.6 is 0 Å². The Morgan fingerprint density at radius 3 is 3.10 bits per heavy atom. The Morgan fingerprint density at radius 1 is 1.40 bits per heavy atom. The molecule has 1 atom stereocenters. The van der Waals surface area contributed by atoms with Crippen molar-refractivity contribution in [2.75, 3.05) is 32.2 Å². The van der Waals surface area contributed by atoms with Gasteiger partial charge in [0.25, 0.3) is 0 Å². The summed E-state index contributed by atoms with van der Waals surface area (Å²) in [7, 11) is 2.11. The summed E-state index contributed by atoms with van der Waals surface area (Å²) in [4.78, 5) is 14.4. The van der Waals surface area contributed by atoms with Gasteiger partial charge in [0.15, 0.2) is 11.5 Å². The van der Waals surface area contributed by atoms with Gasteiger partial charge in [-0.2, -0.15) is 0 Å². The first kappa shape index (κ1) is 13.2. The number of fused-ring (bicyclic) bond motifs is 1. The van der Waals surface area contributed by atoms with Gasteiger partial charge in [-0.3, -0.25) is 4.79 Å². The number of rotatable bonds is 3. The fourth-order valence-electron chi connectivity index (χ4n) is 2.89. The number of carbonyl (C=O) groups is 1. The molecule has 2 aliphatic heterocycles. The maximum Gasteiger partial charge on any atom is 0.231 e. The third kappa shape index (κ3) is 3.04. The van der Waals surface area contributed by atoms with Crippen LogP contribution in [0.4, 0.5) is 5.69 Å². The van der Waals surface area contributed by atoms with Gasteiger partial charge < -0.3 is 19.7 Å². The molecule has 2 heterocycles. The van der Waals surface area contributed by atoms with Crippen LogP contribution in [0.2, 0.25) is 0 Å². The van der Waals surface area contributed by atoms with E-state index in [0.29, 0.717) is 18.1 Å². The lowest BCUT2D eigenvalue weighted by atomic mass is 9.95. The second-order valence-electron chi connectivity index (χ2n) is 5.59. The van der Waals surface area contributed by atoms with Crippen molar-refractivity contribution < 1.29 is 14.3 Å². The van der Waals surface area contributed by atoms with Crippen LogP contribution in [0.3, 0.4) is 0 Å². The summed E-state index contributed by atoms with van der Waals surface area (Å²) in [5.74, 6) is 1.96. The number of piperidine rings is 1. The molecule has 1 N–H and O–H groups in total. The number of benzene rings is 1. The van der Waals surface area contributed by atoms with E-state index in [2.05, 4.69) is 17.3 Å². The maximum atomic E-state index is 12.1. The summed E-state index contributed by atoms with van der Waals surface area (Å²) in [5, 5.41) is 2.94. The van der Waals surface area contributed by atoms with Crippen molar-refractivity contribution in [3.05, 3.63) is 18.2 Å². The van der Waals surface area contributed by atoms with E-state index in [1.165, 1.54) is 6.42 Å². The molecule has 1 aromatic carbocycles. The third-order valence-electron chi connectivity index (χ3n) is 3.85. The minimum atomic E-state index is 0.0733. The van der Waals surface area contributed by atoms with E-state index in [0.717, 1.165) is 30.9 Å². The van der Waals surface area contributed by atoms with Gasteiger partial charge >= 0.3 is 0 Å². The molecular formula is C15H20N2O3. The monoisotopic (exact) mass is 276 g/mol. The molecule has 0 saturated carbocycles. The minimum Gasteiger partial charge on any atom is -0.454 e. The Morgan fingerprint density at radius 2 is 2.25 bits per heavy atom. The Bertz CT molecular complexity index is 504. The van der Waals surface area contributed by atoms with Crippen LogP contribution in [-0.4, -0.2) is 37.7 Å². The second kappa shape index (κ2) is 5.71. The second-order valence-corrected chi connectivity index (χ2v) is 5.59. The summed E-state index contributed by atoms with van der Waals surface area (Å²) in [6.07, 6.45) is 2.90. The van der Waals surface area contributed by atoms with Gasteiger partial charge in [0.2, 0.25) is 12.7 Å². The van der Waals surface area contributed by atoms with Crippen molar-refractivity contribution in [2.45, 2.75) is 19.3 Å². The molecule has 5 heteroatoms. The summed E-state index contributed by atoms with van der Waals surface area (Å²) < 4.78 is 10.6. The number of likely N-dealkylation sites (tertiary alicyclic amines) is 1. The Kier molecular flexibility index (Phi) is 3.78. The fraction of sp³-hybridized carbons (Fsp3) is 0.533. The molecule has 2 aliphatic rings. The smallest absolute Gasteiger partial charge is 0.231 e. The molecule has 3 rings (SSSR count). The number of amides is 1. The SMILES string of the molecule is CN1CCCC(CC(=O)Nc2ccc3c(c2)OCO3)C1. The minimum absolute atomic E-state index is 0.0733. The third-order valence-corrected chi connectivity index (χ3v) is 3.85. The average Bonchev–Trinajstić information content (AvgIpc) is 2.86. The topological polar surface area (TPSA) is 50.8 Å². The van der Waals surface area contributed by atoms with E-state index < -0.39 is 0 Å². The number of nitrogens with one attached hydrogen (secondary N) is 1. The quantitative estimate of drug-likeness (QED) is 0.918. The van der Waals surface area contributed by atoms with Crippen LogP contribution in [0.15, 0.2) is 18.2 Å². The molecule has 0 radical (unpaired) electrons. The van der Waals surface area contributed by atoms with E-state index in [-0.39, 0.29) is 12.7 Å². The molecule has 0 aromatic heterocycles. The van der Waals surface area contributed by atoms with Crippen molar-refractivity contribution in [3.63, 3.8) is 0 Å². The highest BCUT2D eigenvalue weighted by atomic mass is 16.7. The van der Waals surface area contributed by atoms with E-state index >= 15 is 0 Å². The van der Waals surface area contributed by atoms with Gasteiger partial charge in [-0.05, 0) is 44.5 Å². The summed E-state index contributed by atoms with van der Waals surface area (Å²) in [5.41, 5.74) is 0.767. The summed E-state index contributed by atoms with van der Waals surface area (Å²) in [6.45, 7) is 2.40. The van der Waals surface area contributed by atoms with E-state index in [9.17, 15) is 4.79 Å². The molecular weight excluding hydrogens is 256 g/mol. The number of hydrogen-bond acceptors (Lipinski definition) is 4. The molecule has 5 nitrogen and oxygen atoms in total. The fourth-order valence-corrected chi connectivity index (χ4v) is 2.89. The number of carbonyl (C=O) groups excluding carboxylic acids is 1. The first-order chi connectivity index (χ1) is 9.70. The standard InChI is InChI=1S/C15H20N2O3/c1-17-6-2-3-11(9-17)7-15(18)16-12-4-5-13-14(8-12)20-10-19-13/h4-5,8,11H,2-3,6-7,9-10H2,1H3,(H,16,18).